The number of rotatable bonds is 7. The molecule has 0 atom stereocenters. The molecule has 0 unspecified atom stereocenters. The molecule has 4 rings (SSSR count). The van der Waals surface area contributed by atoms with Gasteiger partial charge >= 0.3 is 0 Å². The molecule has 9 nitrogen and oxygen atoms in total. The van der Waals surface area contributed by atoms with Gasteiger partial charge in [0.2, 0.25) is 0 Å². The zero-order chi connectivity index (χ0) is 24.9. The van der Waals surface area contributed by atoms with E-state index in [2.05, 4.69) is 21.1 Å². The van der Waals surface area contributed by atoms with Gasteiger partial charge in [-0.2, -0.15) is 5.26 Å². The van der Waals surface area contributed by atoms with Crippen LogP contribution in [0, 0.1) is 18.3 Å². The lowest BCUT2D eigenvalue weighted by atomic mass is 10.0. The number of piperidine rings is 1. The van der Waals surface area contributed by atoms with Crippen molar-refractivity contribution in [3.63, 3.8) is 0 Å². The fraction of sp³-hybridized carbons (Fsp3) is 0.385. The van der Waals surface area contributed by atoms with E-state index in [0.29, 0.717) is 22.5 Å². The van der Waals surface area contributed by atoms with Crippen molar-refractivity contribution >= 4 is 5.91 Å². The number of aryl methyl sites for hydroxylation is 1. The smallest absolute Gasteiger partial charge is 0.280 e. The summed E-state index contributed by atoms with van der Waals surface area (Å²) in [5.41, 5.74) is 2.87. The Bertz CT molecular complexity index is 1280. The van der Waals surface area contributed by atoms with Crippen molar-refractivity contribution in [1.82, 2.24) is 24.6 Å². The summed E-state index contributed by atoms with van der Waals surface area (Å²) in [6.45, 7) is 5.39. The molecule has 9 heteroatoms. The molecule has 2 aromatic heterocycles. The van der Waals surface area contributed by atoms with Crippen LogP contribution in [-0.4, -0.2) is 76.9 Å². The van der Waals surface area contributed by atoms with Crippen LogP contribution in [0.5, 0.6) is 0 Å². The number of carbonyl (C=O) groups is 1. The molecule has 1 N–H and O–H groups in total. The van der Waals surface area contributed by atoms with Gasteiger partial charge in [-0.1, -0.05) is 6.07 Å². The van der Waals surface area contributed by atoms with Crippen LogP contribution in [0.4, 0.5) is 0 Å². The van der Waals surface area contributed by atoms with Crippen LogP contribution in [0.1, 0.15) is 34.3 Å². The molecule has 1 saturated heterocycles. The molecule has 0 saturated carbocycles. The summed E-state index contributed by atoms with van der Waals surface area (Å²) < 4.78 is 6.50. The van der Waals surface area contributed by atoms with E-state index in [4.69, 9.17) is 10.00 Å². The van der Waals surface area contributed by atoms with Crippen LogP contribution in [0.2, 0.25) is 0 Å². The fourth-order valence-electron chi connectivity index (χ4n) is 4.53. The summed E-state index contributed by atoms with van der Waals surface area (Å²) in [7, 11) is 3.55. The average Bonchev–Trinajstić information content (AvgIpc) is 3.27. The SMILES string of the molecule is COCCN1CCC(N(C)C(=O)c2ccc(-n3[nH]cc(-c4ccc(C#N)cc4C)c3=O)nc2)CC1. The zero-order valence-electron chi connectivity index (χ0n) is 20.3. The lowest BCUT2D eigenvalue weighted by molar-refractivity contribution is 0.0611. The maximum Gasteiger partial charge on any atom is 0.280 e. The molecule has 1 amide bonds. The van der Waals surface area contributed by atoms with Crippen LogP contribution >= 0.6 is 0 Å². The number of carbonyl (C=O) groups excluding carboxylic acids is 1. The van der Waals surface area contributed by atoms with E-state index in [-0.39, 0.29) is 17.5 Å². The number of H-pyrrole nitrogens is 1. The summed E-state index contributed by atoms with van der Waals surface area (Å²) in [4.78, 5) is 34.6. The van der Waals surface area contributed by atoms with E-state index in [9.17, 15) is 9.59 Å². The number of ether oxygens (including phenoxy) is 1. The molecular weight excluding hydrogens is 444 g/mol. The number of amides is 1. The molecule has 1 aliphatic rings. The Morgan fingerprint density at radius 1 is 1.26 bits per heavy atom. The minimum absolute atomic E-state index is 0.0767. The number of likely N-dealkylation sites (tertiary alicyclic amines) is 1. The second-order valence-corrected chi connectivity index (χ2v) is 8.86. The second-order valence-electron chi connectivity index (χ2n) is 8.86. The van der Waals surface area contributed by atoms with Gasteiger partial charge in [-0.05, 0) is 55.2 Å². The molecule has 0 spiro atoms. The molecule has 1 aromatic carbocycles. The molecule has 1 aliphatic heterocycles. The zero-order valence-corrected chi connectivity index (χ0v) is 20.3. The highest BCUT2D eigenvalue weighted by Crippen LogP contribution is 2.22. The number of pyridine rings is 1. The Labute approximate surface area is 204 Å². The van der Waals surface area contributed by atoms with Crippen LogP contribution in [-0.2, 0) is 4.74 Å². The first-order valence-electron chi connectivity index (χ1n) is 11.7. The third-order valence-corrected chi connectivity index (χ3v) is 6.68. The first-order chi connectivity index (χ1) is 16.9. The monoisotopic (exact) mass is 474 g/mol. The quantitative estimate of drug-likeness (QED) is 0.564. The minimum Gasteiger partial charge on any atom is -0.383 e. The lowest BCUT2D eigenvalue weighted by Gasteiger charge is -2.36. The fourth-order valence-corrected chi connectivity index (χ4v) is 4.53. The van der Waals surface area contributed by atoms with Gasteiger partial charge in [0.1, 0.15) is 0 Å². The van der Waals surface area contributed by atoms with Gasteiger partial charge in [0, 0.05) is 52.2 Å². The van der Waals surface area contributed by atoms with Crippen LogP contribution in [0.25, 0.3) is 16.9 Å². The van der Waals surface area contributed by atoms with Crippen molar-refractivity contribution in [1.29, 1.82) is 5.26 Å². The van der Waals surface area contributed by atoms with Gasteiger partial charge in [0.15, 0.2) is 5.82 Å². The van der Waals surface area contributed by atoms with E-state index in [1.54, 1.807) is 48.5 Å². The Morgan fingerprint density at radius 2 is 2.03 bits per heavy atom. The van der Waals surface area contributed by atoms with Gasteiger partial charge in [0.25, 0.3) is 11.5 Å². The second kappa shape index (κ2) is 10.7. The predicted octanol–water partition coefficient (Wildman–Crippen LogP) is 2.59. The number of hydrogen-bond donors (Lipinski definition) is 1. The molecule has 35 heavy (non-hydrogen) atoms. The number of nitriles is 1. The molecule has 182 valence electrons. The molecule has 1 fully saturated rings. The highest BCUT2D eigenvalue weighted by Gasteiger charge is 2.26. The topological polar surface area (TPSA) is 107 Å². The number of nitrogens with zero attached hydrogens (tertiary/aromatic N) is 5. The van der Waals surface area contributed by atoms with Crippen LogP contribution in [0.15, 0.2) is 47.5 Å². The third-order valence-electron chi connectivity index (χ3n) is 6.68. The number of nitrogens with one attached hydrogen (secondary N) is 1. The van der Waals surface area contributed by atoms with E-state index >= 15 is 0 Å². The number of aromatic amines is 1. The largest absolute Gasteiger partial charge is 0.383 e. The Hall–Kier alpha value is -3.74. The molecular formula is C26H30N6O3. The van der Waals surface area contributed by atoms with Crippen LogP contribution in [0.3, 0.4) is 0 Å². The average molecular weight is 475 g/mol. The predicted molar refractivity (Wildman–Crippen MR) is 133 cm³/mol. The summed E-state index contributed by atoms with van der Waals surface area (Å²) in [6, 6.07) is 10.9. The minimum atomic E-state index is -0.248. The highest BCUT2D eigenvalue weighted by atomic mass is 16.5. The van der Waals surface area contributed by atoms with Gasteiger partial charge in [-0.3, -0.25) is 14.7 Å². The van der Waals surface area contributed by atoms with Gasteiger partial charge in [-0.15, -0.1) is 0 Å². The standard InChI is InChI=1S/C26H30N6O3/c1-18-14-19(15-27)4-6-22(18)23-17-29-32(26(23)34)24-7-5-20(16-28-24)25(33)30(2)21-8-10-31(11-9-21)12-13-35-3/h4-7,14,16-17,21,29H,8-13H2,1-3H3. The number of hydrogen-bond acceptors (Lipinski definition) is 6. The first kappa shape index (κ1) is 24.4. The molecule has 0 radical (unpaired) electrons. The van der Waals surface area contributed by atoms with Gasteiger partial charge < -0.3 is 14.5 Å². The van der Waals surface area contributed by atoms with Crippen molar-refractivity contribution in [3.05, 3.63) is 69.8 Å². The number of methoxy groups -OCH3 is 1. The molecule has 0 aliphatic carbocycles. The van der Waals surface area contributed by atoms with Crippen molar-refractivity contribution in [2.24, 2.45) is 0 Å². The highest BCUT2D eigenvalue weighted by molar-refractivity contribution is 5.94. The van der Waals surface area contributed by atoms with Crippen LogP contribution < -0.4 is 5.56 Å². The molecule has 0 bridgehead atoms. The Kier molecular flexibility index (Phi) is 7.44. The van der Waals surface area contributed by atoms with Crippen molar-refractivity contribution < 1.29 is 9.53 Å². The molecule has 3 heterocycles. The number of benzene rings is 1. The summed E-state index contributed by atoms with van der Waals surface area (Å²) in [5.74, 6) is 0.324. The van der Waals surface area contributed by atoms with E-state index in [1.165, 1.54) is 10.9 Å². The number of aromatic nitrogens is 3. The lowest BCUT2D eigenvalue weighted by Crippen LogP contribution is -2.46. The summed E-state index contributed by atoms with van der Waals surface area (Å²) in [5, 5.41) is 12.0. The molecule has 3 aromatic rings. The van der Waals surface area contributed by atoms with E-state index in [1.807, 2.05) is 14.0 Å². The van der Waals surface area contributed by atoms with Crippen molar-refractivity contribution in [3.8, 4) is 23.0 Å². The third kappa shape index (κ3) is 5.19. The summed E-state index contributed by atoms with van der Waals surface area (Å²) in [6.07, 6.45) is 4.99. The maximum absolute atomic E-state index is 13.0. The maximum atomic E-state index is 13.0. The Morgan fingerprint density at radius 3 is 2.66 bits per heavy atom. The van der Waals surface area contributed by atoms with Crippen molar-refractivity contribution in [2.75, 3.05) is 40.4 Å². The van der Waals surface area contributed by atoms with Gasteiger partial charge in [0.05, 0.1) is 29.4 Å². The first-order valence-corrected chi connectivity index (χ1v) is 11.7. The Balaban J connectivity index is 1.45. The van der Waals surface area contributed by atoms with E-state index in [0.717, 1.165) is 50.2 Å². The van der Waals surface area contributed by atoms with E-state index < -0.39 is 0 Å². The summed E-state index contributed by atoms with van der Waals surface area (Å²) >= 11 is 0. The van der Waals surface area contributed by atoms with Crippen molar-refractivity contribution in [2.45, 2.75) is 25.8 Å². The normalized spacial score (nSPS) is 14.6. The van der Waals surface area contributed by atoms with Gasteiger partial charge in [-0.25, -0.2) is 9.67 Å².